The van der Waals surface area contributed by atoms with Crippen LogP contribution in [-0.2, 0) is 23.7 Å². The molecule has 0 atom stereocenters. The zero-order valence-electron chi connectivity index (χ0n) is 25.9. The van der Waals surface area contributed by atoms with Gasteiger partial charge in [-0.2, -0.15) is 0 Å². The van der Waals surface area contributed by atoms with E-state index in [-0.39, 0.29) is 17.0 Å². The molecule has 0 spiro atoms. The van der Waals surface area contributed by atoms with Crippen LogP contribution in [0.4, 0.5) is 11.5 Å². The predicted molar refractivity (Wildman–Crippen MR) is 172 cm³/mol. The number of para-hydroxylation sites is 1. The fourth-order valence-corrected chi connectivity index (χ4v) is 4.64. The van der Waals surface area contributed by atoms with Crippen molar-refractivity contribution in [3.8, 4) is 5.75 Å². The molecule has 0 saturated carbocycles. The summed E-state index contributed by atoms with van der Waals surface area (Å²) >= 11 is 0. The van der Waals surface area contributed by atoms with E-state index in [1.54, 1.807) is 19.2 Å². The van der Waals surface area contributed by atoms with Gasteiger partial charge in [-0.05, 0) is 42.3 Å². The number of hydrogen-bond donors (Lipinski definition) is 2. The number of nitrogens with zero attached hydrogens (tertiary/aromatic N) is 5. The zero-order valence-corrected chi connectivity index (χ0v) is 25.9. The average Bonchev–Trinajstić information content (AvgIpc) is 3.03. The van der Waals surface area contributed by atoms with Crippen LogP contribution in [0, 0.1) is 0 Å². The van der Waals surface area contributed by atoms with Crippen molar-refractivity contribution in [3.63, 3.8) is 0 Å². The van der Waals surface area contributed by atoms with E-state index in [9.17, 15) is 14.4 Å². The number of aromatic nitrogens is 2. The molecule has 0 bridgehead atoms. The second-order valence-electron chi connectivity index (χ2n) is 10.6. The first-order valence-corrected chi connectivity index (χ1v) is 14.3. The van der Waals surface area contributed by atoms with Crippen molar-refractivity contribution in [2.45, 2.75) is 6.42 Å². The summed E-state index contributed by atoms with van der Waals surface area (Å²) in [6.07, 6.45) is 4.23. The maximum atomic E-state index is 12.9. The van der Waals surface area contributed by atoms with Crippen molar-refractivity contribution in [1.82, 2.24) is 14.0 Å². The van der Waals surface area contributed by atoms with Crippen molar-refractivity contribution >= 4 is 35.3 Å². The van der Waals surface area contributed by atoms with Crippen LogP contribution in [0.1, 0.15) is 22.3 Å². The number of carboxylic acids is 2. The minimum atomic E-state index is -1.82. The third kappa shape index (κ3) is 9.66. The Balaban J connectivity index is 0.000000838. The standard InChI is InChI=1S/C30H37N5O4.C2H2O4/c1-31(2)24-13-10-23(11-14-24)12-15-26(36)25-8-5-6-9-27(25)39-21-7-16-34-17-19-35(20-18-34)28-22-29(37)33(4)30(38)32(28)3;3-1(4)2(5)6/h5-6,8-15,22H,7,16-21H2,1-4H3;(H,3,4)(H,5,6)/b15-12+;. The molecule has 1 aliphatic rings. The first-order chi connectivity index (χ1) is 21.4. The number of ether oxygens (including phenoxy) is 1. The fourth-order valence-electron chi connectivity index (χ4n) is 4.64. The molecule has 45 heavy (non-hydrogen) atoms. The highest BCUT2D eigenvalue weighted by Gasteiger charge is 2.20. The Labute approximate surface area is 260 Å². The highest BCUT2D eigenvalue weighted by atomic mass is 16.5. The lowest BCUT2D eigenvalue weighted by Crippen LogP contribution is -2.49. The van der Waals surface area contributed by atoms with Crippen LogP contribution in [0.3, 0.4) is 0 Å². The fraction of sp³-hybridized carbons (Fsp3) is 0.344. The Kier molecular flexibility index (Phi) is 12.2. The first-order valence-electron chi connectivity index (χ1n) is 14.3. The van der Waals surface area contributed by atoms with E-state index < -0.39 is 11.9 Å². The lowest BCUT2D eigenvalue weighted by Gasteiger charge is -2.36. The summed E-state index contributed by atoms with van der Waals surface area (Å²) < 4.78 is 8.66. The minimum absolute atomic E-state index is 0.0939. The number of hydrogen-bond acceptors (Lipinski definition) is 9. The van der Waals surface area contributed by atoms with Crippen molar-refractivity contribution in [3.05, 3.63) is 92.6 Å². The Morgan fingerprint density at radius 2 is 1.51 bits per heavy atom. The summed E-state index contributed by atoms with van der Waals surface area (Å²) in [6, 6.07) is 16.9. The molecule has 0 amide bonds. The minimum Gasteiger partial charge on any atom is -0.493 e. The van der Waals surface area contributed by atoms with Crippen LogP contribution in [0.25, 0.3) is 6.08 Å². The first kappa shape index (κ1) is 34.3. The Hall–Kier alpha value is -5.17. The average molecular weight is 622 g/mol. The summed E-state index contributed by atoms with van der Waals surface area (Å²) in [5.41, 5.74) is 2.01. The van der Waals surface area contributed by atoms with Gasteiger partial charge in [0.15, 0.2) is 5.78 Å². The summed E-state index contributed by atoms with van der Waals surface area (Å²) in [4.78, 5) is 61.9. The van der Waals surface area contributed by atoms with E-state index in [4.69, 9.17) is 24.5 Å². The van der Waals surface area contributed by atoms with Gasteiger partial charge in [0.25, 0.3) is 5.56 Å². The van der Waals surface area contributed by atoms with Gasteiger partial charge in [-0.1, -0.05) is 30.3 Å². The van der Waals surface area contributed by atoms with E-state index in [0.29, 0.717) is 23.7 Å². The summed E-state index contributed by atoms with van der Waals surface area (Å²) in [5, 5.41) is 14.8. The molecule has 1 aromatic heterocycles. The number of benzene rings is 2. The topological polar surface area (TPSA) is 155 Å². The molecule has 2 heterocycles. The van der Waals surface area contributed by atoms with Crippen LogP contribution in [0.2, 0.25) is 0 Å². The number of rotatable bonds is 10. The van der Waals surface area contributed by atoms with Crippen LogP contribution >= 0.6 is 0 Å². The second-order valence-corrected chi connectivity index (χ2v) is 10.6. The molecule has 0 radical (unpaired) electrons. The molecule has 2 N–H and O–H groups in total. The Bertz CT molecular complexity index is 1620. The number of ketones is 1. The zero-order chi connectivity index (χ0) is 33.1. The molecule has 13 heteroatoms. The van der Waals surface area contributed by atoms with E-state index in [0.717, 1.165) is 55.0 Å². The number of carbonyl (C=O) groups excluding carboxylic acids is 1. The van der Waals surface area contributed by atoms with E-state index in [2.05, 4.69) is 9.80 Å². The predicted octanol–water partition coefficient (Wildman–Crippen LogP) is 1.79. The van der Waals surface area contributed by atoms with E-state index in [1.807, 2.05) is 67.5 Å². The van der Waals surface area contributed by atoms with Crippen LogP contribution in [0.5, 0.6) is 5.75 Å². The maximum absolute atomic E-state index is 12.9. The van der Waals surface area contributed by atoms with Crippen molar-refractivity contribution < 1.29 is 29.3 Å². The monoisotopic (exact) mass is 621 g/mol. The van der Waals surface area contributed by atoms with Gasteiger partial charge in [-0.3, -0.25) is 23.6 Å². The number of carbonyl (C=O) groups is 3. The molecule has 13 nitrogen and oxygen atoms in total. The molecular weight excluding hydrogens is 582 g/mol. The molecule has 1 saturated heterocycles. The third-order valence-corrected chi connectivity index (χ3v) is 7.25. The summed E-state index contributed by atoms with van der Waals surface area (Å²) in [5.74, 6) is -2.49. The van der Waals surface area contributed by atoms with Gasteiger partial charge >= 0.3 is 17.6 Å². The highest BCUT2D eigenvalue weighted by Crippen LogP contribution is 2.20. The smallest absolute Gasteiger partial charge is 0.414 e. The van der Waals surface area contributed by atoms with Crippen LogP contribution in [0.15, 0.2) is 70.3 Å². The number of allylic oxidation sites excluding steroid dienone is 1. The molecule has 0 aliphatic carbocycles. The largest absolute Gasteiger partial charge is 0.493 e. The van der Waals surface area contributed by atoms with Gasteiger partial charge in [-0.15, -0.1) is 0 Å². The van der Waals surface area contributed by atoms with Crippen LogP contribution < -0.4 is 25.8 Å². The lowest BCUT2D eigenvalue weighted by molar-refractivity contribution is -0.159. The van der Waals surface area contributed by atoms with Gasteiger partial charge in [0, 0.05) is 72.7 Å². The number of aliphatic carboxylic acids is 2. The van der Waals surface area contributed by atoms with E-state index in [1.165, 1.54) is 17.7 Å². The lowest BCUT2D eigenvalue weighted by atomic mass is 10.1. The molecule has 3 aromatic rings. The molecule has 1 aliphatic heterocycles. The van der Waals surface area contributed by atoms with Gasteiger partial charge in [-0.25, -0.2) is 14.4 Å². The maximum Gasteiger partial charge on any atom is 0.414 e. The number of anilines is 2. The SMILES string of the molecule is CN(C)c1ccc(/C=C/C(=O)c2ccccc2OCCCN2CCN(c3cc(=O)n(C)c(=O)n3C)CC2)cc1.O=C(O)C(=O)O. The van der Waals surface area contributed by atoms with Crippen LogP contribution in [-0.4, -0.2) is 95.4 Å². The molecule has 0 unspecified atom stereocenters. The normalized spacial score (nSPS) is 13.2. The quantitative estimate of drug-likeness (QED) is 0.147. The van der Waals surface area contributed by atoms with Crippen molar-refractivity contribution in [2.75, 3.05) is 63.2 Å². The molecular formula is C32H39N5O8. The van der Waals surface area contributed by atoms with Gasteiger partial charge in [0.05, 0.1) is 12.2 Å². The summed E-state index contributed by atoms with van der Waals surface area (Å²) in [7, 11) is 7.17. The van der Waals surface area contributed by atoms with Crippen molar-refractivity contribution in [1.29, 1.82) is 0 Å². The Morgan fingerprint density at radius 1 is 0.889 bits per heavy atom. The van der Waals surface area contributed by atoms with Gasteiger partial charge in [0.1, 0.15) is 11.6 Å². The van der Waals surface area contributed by atoms with Gasteiger partial charge < -0.3 is 24.7 Å². The summed E-state index contributed by atoms with van der Waals surface area (Å²) in [6.45, 7) is 4.51. The molecule has 2 aromatic carbocycles. The highest BCUT2D eigenvalue weighted by molar-refractivity contribution is 6.27. The Morgan fingerprint density at radius 3 is 2.11 bits per heavy atom. The number of piperazine rings is 1. The van der Waals surface area contributed by atoms with Crippen molar-refractivity contribution in [2.24, 2.45) is 14.1 Å². The van der Waals surface area contributed by atoms with E-state index >= 15 is 0 Å². The third-order valence-electron chi connectivity index (χ3n) is 7.25. The molecule has 240 valence electrons. The second kappa shape index (κ2) is 16.1. The molecule has 1 fully saturated rings. The van der Waals surface area contributed by atoms with Gasteiger partial charge in [0.2, 0.25) is 0 Å². The molecule has 4 rings (SSSR count). The number of carboxylic acid groups (broad SMARTS) is 2.